The second kappa shape index (κ2) is 7.61. The van der Waals surface area contributed by atoms with Gasteiger partial charge in [0.15, 0.2) is 0 Å². The maximum Gasteiger partial charge on any atom is 0.228 e. The summed E-state index contributed by atoms with van der Waals surface area (Å²) < 4.78 is 6.00. The first-order valence-corrected chi connectivity index (χ1v) is 7.43. The summed E-state index contributed by atoms with van der Waals surface area (Å²) in [6.45, 7) is 4.09. The van der Waals surface area contributed by atoms with Gasteiger partial charge in [-0.2, -0.15) is 0 Å². The van der Waals surface area contributed by atoms with Crippen molar-refractivity contribution >= 4 is 11.6 Å². The topological polar surface area (TPSA) is 64.4 Å². The monoisotopic (exact) mass is 298 g/mol. The number of hydrogen-bond donors (Lipinski definition) is 2. The summed E-state index contributed by atoms with van der Waals surface area (Å²) in [5.74, 6) is 0.307. The number of hydrogen-bond acceptors (Lipinski definition) is 3. The molecular formula is C18H22N2O2. The first-order chi connectivity index (χ1) is 10.6. The number of ether oxygens (including phenoxy) is 1. The Balaban J connectivity index is 2.13. The predicted molar refractivity (Wildman–Crippen MR) is 88.8 cm³/mol. The van der Waals surface area contributed by atoms with Crippen molar-refractivity contribution in [2.75, 3.05) is 11.9 Å². The van der Waals surface area contributed by atoms with Crippen LogP contribution in [-0.4, -0.2) is 12.5 Å². The largest absolute Gasteiger partial charge is 0.484 e. The van der Waals surface area contributed by atoms with Crippen molar-refractivity contribution in [1.29, 1.82) is 0 Å². The zero-order valence-electron chi connectivity index (χ0n) is 13.0. The highest BCUT2D eigenvalue weighted by Crippen LogP contribution is 2.29. The van der Waals surface area contributed by atoms with E-state index in [9.17, 15) is 4.79 Å². The van der Waals surface area contributed by atoms with Gasteiger partial charge in [-0.1, -0.05) is 49.4 Å². The Labute approximate surface area is 131 Å². The van der Waals surface area contributed by atoms with Crippen LogP contribution in [0.2, 0.25) is 0 Å². The van der Waals surface area contributed by atoms with Gasteiger partial charge in [-0.3, -0.25) is 4.79 Å². The average Bonchev–Trinajstić information content (AvgIpc) is 2.56. The van der Waals surface area contributed by atoms with Crippen LogP contribution in [0.4, 0.5) is 5.69 Å². The molecule has 2 atom stereocenters. The van der Waals surface area contributed by atoms with Crippen LogP contribution in [0.5, 0.6) is 5.75 Å². The lowest BCUT2D eigenvalue weighted by Crippen LogP contribution is -2.26. The summed E-state index contributed by atoms with van der Waals surface area (Å²) in [6, 6.07) is 17.4. The Morgan fingerprint density at radius 2 is 1.73 bits per heavy atom. The van der Waals surface area contributed by atoms with E-state index in [2.05, 4.69) is 5.32 Å². The number of carbonyl (C=O) groups is 1. The molecule has 0 fully saturated rings. The van der Waals surface area contributed by atoms with E-state index >= 15 is 0 Å². The molecule has 0 bridgehead atoms. The van der Waals surface area contributed by atoms with Gasteiger partial charge in [-0.05, 0) is 24.6 Å². The molecular weight excluding hydrogens is 276 g/mol. The molecule has 4 nitrogen and oxygen atoms in total. The molecule has 0 aliphatic rings. The quantitative estimate of drug-likeness (QED) is 0.859. The Kier molecular flexibility index (Phi) is 5.55. The highest BCUT2D eigenvalue weighted by molar-refractivity contribution is 5.93. The SMILES string of the molecule is CC(CN)C(=O)Nc1ccccc1OC(C)c1ccccc1. The molecule has 0 aliphatic heterocycles. The predicted octanol–water partition coefficient (Wildman–Crippen LogP) is 3.36. The van der Waals surface area contributed by atoms with E-state index in [0.717, 1.165) is 5.56 Å². The lowest BCUT2D eigenvalue weighted by atomic mass is 10.1. The van der Waals surface area contributed by atoms with E-state index in [-0.39, 0.29) is 17.9 Å². The second-order valence-corrected chi connectivity index (χ2v) is 5.29. The first-order valence-electron chi connectivity index (χ1n) is 7.43. The molecule has 1 amide bonds. The molecule has 0 spiro atoms. The summed E-state index contributed by atoms with van der Waals surface area (Å²) in [5.41, 5.74) is 7.27. The molecule has 0 radical (unpaired) electrons. The van der Waals surface area contributed by atoms with Crippen LogP contribution < -0.4 is 15.8 Å². The minimum Gasteiger partial charge on any atom is -0.484 e. The number of nitrogens with two attached hydrogens (primary N) is 1. The second-order valence-electron chi connectivity index (χ2n) is 5.29. The molecule has 2 aromatic rings. The fourth-order valence-electron chi connectivity index (χ4n) is 2.02. The fraction of sp³-hybridized carbons (Fsp3) is 0.278. The van der Waals surface area contributed by atoms with Crippen molar-refractivity contribution in [3.05, 3.63) is 60.2 Å². The normalized spacial score (nSPS) is 13.2. The lowest BCUT2D eigenvalue weighted by Gasteiger charge is -2.19. The first kappa shape index (κ1) is 16.0. The molecule has 2 unspecified atom stereocenters. The summed E-state index contributed by atoms with van der Waals surface area (Å²) in [6.07, 6.45) is -0.105. The van der Waals surface area contributed by atoms with Crippen LogP contribution in [0.15, 0.2) is 54.6 Å². The van der Waals surface area contributed by atoms with Crippen molar-refractivity contribution in [3.63, 3.8) is 0 Å². The van der Waals surface area contributed by atoms with E-state index in [0.29, 0.717) is 18.0 Å². The molecule has 22 heavy (non-hydrogen) atoms. The van der Waals surface area contributed by atoms with Gasteiger partial charge >= 0.3 is 0 Å². The zero-order chi connectivity index (χ0) is 15.9. The summed E-state index contributed by atoms with van der Waals surface area (Å²) in [4.78, 5) is 12.0. The number of benzene rings is 2. The summed E-state index contributed by atoms with van der Waals surface area (Å²) in [5, 5.41) is 2.87. The van der Waals surface area contributed by atoms with Gasteiger partial charge in [-0.25, -0.2) is 0 Å². The van der Waals surface area contributed by atoms with Crippen molar-refractivity contribution in [2.45, 2.75) is 20.0 Å². The third-order valence-corrected chi connectivity index (χ3v) is 3.52. The number of rotatable bonds is 6. The average molecular weight is 298 g/mol. The molecule has 4 heteroatoms. The number of carbonyl (C=O) groups excluding carboxylic acids is 1. The van der Waals surface area contributed by atoms with E-state index in [1.807, 2.05) is 61.5 Å². The third kappa shape index (κ3) is 4.09. The smallest absolute Gasteiger partial charge is 0.228 e. The van der Waals surface area contributed by atoms with Gasteiger partial charge in [-0.15, -0.1) is 0 Å². The van der Waals surface area contributed by atoms with Crippen LogP contribution in [-0.2, 0) is 4.79 Å². The Morgan fingerprint density at radius 3 is 2.41 bits per heavy atom. The molecule has 0 heterocycles. The van der Waals surface area contributed by atoms with Gasteiger partial charge in [0.25, 0.3) is 0 Å². The number of para-hydroxylation sites is 2. The van der Waals surface area contributed by atoms with E-state index in [1.54, 1.807) is 6.92 Å². The van der Waals surface area contributed by atoms with Crippen LogP contribution >= 0.6 is 0 Å². The summed E-state index contributed by atoms with van der Waals surface area (Å²) in [7, 11) is 0. The molecule has 0 aliphatic carbocycles. The van der Waals surface area contributed by atoms with Gasteiger partial charge in [0.2, 0.25) is 5.91 Å². The van der Waals surface area contributed by atoms with E-state index in [4.69, 9.17) is 10.5 Å². The van der Waals surface area contributed by atoms with Crippen LogP contribution in [0.1, 0.15) is 25.5 Å². The van der Waals surface area contributed by atoms with Crippen molar-refractivity contribution in [2.24, 2.45) is 11.7 Å². The minimum atomic E-state index is -0.236. The highest BCUT2D eigenvalue weighted by atomic mass is 16.5. The fourth-order valence-corrected chi connectivity index (χ4v) is 2.02. The molecule has 0 saturated carbocycles. The van der Waals surface area contributed by atoms with Gasteiger partial charge in [0, 0.05) is 12.5 Å². The Morgan fingerprint density at radius 1 is 1.09 bits per heavy atom. The van der Waals surface area contributed by atoms with Crippen LogP contribution in [0.3, 0.4) is 0 Å². The molecule has 2 aromatic carbocycles. The summed E-state index contributed by atoms with van der Waals surface area (Å²) >= 11 is 0. The number of anilines is 1. The van der Waals surface area contributed by atoms with Gasteiger partial charge in [0.05, 0.1) is 5.69 Å². The van der Waals surface area contributed by atoms with Gasteiger partial charge in [0.1, 0.15) is 11.9 Å². The zero-order valence-corrected chi connectivity index (χ0v) is 13.0. The maximum absolute atomic E-state index is 12.0. The van der Waals surface area contributed by atoms with Gasteiger partial charge < -0.3 is 15.8 Å². The highest BCUT2D eigenvalue weighted by Gasteiger charge is 2.15. The Bertz CT molecular complexity index is 613. The minimum absolute atomic E-state index is 0.105. The molecule has 2 rings (SSSR count). The van der Waals surface area contributed by atoms with Crippen LogP contribution in [0.25, 0.3) is 0 Å². The molecule has 116 valence electrons. The van der Waals surface area contributed by atoms with Crippen LogP contribution in [0, 0.1) is 5.92 Å². The van der Waals surface area contributed by atoms with Crippen molar-refractivity contribution < 1.29 is 9.53 Å². The Hall–Kier alpha value is -2.33. The maximum atomic E-state index is 12.0. The number of amides is 1. The van der Waals surface area contributed by atoms with E-state index < -0.39 is 0 Å². The molecule has 3 N–H and O–H groups in total. The molecule has 0 aromatic heterocycles. The number of nitrogens with one attached hydrogen (secondary N) is 1. The van der Waals surface area contributed by atoms with Crippen molar-refractivity contribution in [1.82, 2.24) is 0 Å². The standard InChI is InChI=1S/C18H22N2O2/c1-13(12-19)18(21)20-16-10-6-7-11-17(16)22-14(2)15-8-4-3-5-9-15/h3-11,13-14H,12,19H2,1-2H3,(H,20,21). The van der Waals surface area contributed by atoms with E-state index in [1.165, 1.54) is 0 Å². The molecule has 0 saturated heterocycles. The lowest BCUT2D eigenvalue weighted by molar-refractivity contribution is -0.119. The van der Waals surface area contributed by atoms with Crippen molar-refractivity contribution in [3.8, 4) is 5.75 Å². The third-order valence-electron chi connectivity index (χ3n) is 3.52.